The Bertz CT molecular complexity index is 385. The number of methoxy groups -OCH3 is 1. The molecular formula is C11H14N2O3. The van der Waals surface area contributed by atoms with Crippen molar-refractivity contribution >= 4 is 11.8 Å². The third-order valence-electron chi connectivity index (χ3n) is 2.20. The summed E-state index contributed by atoms with van der Waals surface area (Å²) in [6.07, 6.45) is 0.961. The maximum Gasteiger partial charge on any atom is 0.305 e. The first-order valence-electron chi connectivity index (χ1n) is 4.81. The Balaban J connectivity index is 2.61. The molecule has 0 spiro atoms. The topological polar surface area (TPSA) is 84.9 Å². The first kappa shape index (κ1) is 12.0. The number of hydrogen-bond donors (Lipinski definition) is 2. The van der Waals surface area contributed by atoms with Gasteiger partial charge in [-0.3, -0.25) is 4.79 Å². The lowest BCUT2D eigenvalue weighted by atomic mass is 10.1. The lowest BCUT2D eigenvalue weighted by Gasteiger charge is -2.02. The normalized spacial score (nSPS) is 11.2. The molecule has 5 heteroatoms. The molecule has 1 aromatic carbocycles. The fraction of sp³-hybridized carbons (Fsp3) is 0.273. The van der Waals surface area contributed by atoms with Crippen LogP contribution >= 0.6 is 0 Å². The number of carbonyl (C=O) groups excluding carboxylic acids is 1. The summed E-state index contributed by atoms with van der Waals surface area (Å²) in [5, 5.41) is 11.4. The number of amidine groups is 1. The van der Waals surface area contributed by atoms with Gasteiger partial charge in [-0.25, -0.2) is 0 Å². The average Bonchev–Trinajstić information content (AvgIpc) is 2.35. The van der Waals surface area contributed by atoms with Crippen molar-refractivity contribution in [1.82, 2.24) is 0 Å². The van der Waals surface area contributed by atoms with Gasteiger partial charge in [-0.15, -0.1) is 0 Å². The Kier molecular flexibility index (Phi) is 4.32. The number of nitrogens with zero attached hydrogens (tertiary/aromatic N) is 1. The summed E-state index contributed by atoms with van der Waals surface area (Å²) in [5.41, 5.74) is 7.06. The number of carbonyl (C=O) groups is 1. The predicted molar refractivity (Wildman–Crippen MR) is 59.3 cm³/mol. The molecule has 0 amide bonds. The van der Waals surface area contributed by atoms with Gasteiger partial charge in [0.15, 0.2) is 5.84 Å². The standard InChI is InChI=1S/C11H14N2O3/c1-16-10(14)7-4-8-2-5-9(6-3-8)11(12)13-15/h2-3,5-6,15H,4,7H2,1H3,(H2,12,13). The number of hydrogen-bond acceptors (Lipinski definition) is 4. The summed E-state index contributed by atoms with van der Waals surface area (Å²) in [7, 11) is 1.36. The summed E-state index contributed by atoms with van der Waals surface area (Å²) in [6.45, 7) is 0. The molecule has 5 nitrogen and oxygen atoms in total. The van der Waals surface area contributed by atoms with Gasteiger partial charge in [0.05, 0.1) is 7.11 Å². The number of esters is 1. The summed E-state index contributed by atoms with van der Waals surface area (Å²) >= 11 is 0. The predicted octanol–water partition coefficient (Wildman–Crippen LogP) is 0.887. The highest BCUT2D eigenvalue weighted by Crippen LogP contribution is 2.07. The minimum atomic E-state index is -0.236. The monoisotopic (exact) mass is 222 g/mol. The molecule has 0 fully saturated rings. The van der Waals surface area contributed by atoms with E-state index in [0.717, 1.165) is 5.56 Å². The lowest BCUT2D eigenvalue weighted by Crippen LogP contribution is -2.12. The van der Waals surface area contributed by atoms with Gasteiger partial charge < -0.3 is 15.7 Å². The molecule has 0 saturated heterocycles. The highest BCUT2D eigenvalue weighted by Gasteiger charge is 2.02. The average molecular weight is 222 g/mol. The zero-order valence-electron chi connectivity index (χ0n) is 9.01. The van der Waals surface area contributed by atoms with Crippen molar-refractivity contribution in [2.75, 3.05) is 7.11 Å². The smallest absolute Gasteiger partial charge is 0.305 e. The molecule has 3 N–H and O–H groups in total. The Morgan fingerprint density at radius 3 is 2.56 bits per heavy atom. The third kappa shape index (κ3) is 3.27. The van der Waals surface area contributed by atoms with Crippen LogP contribution in [0.4, 0.5) is 0 Å². The van der Waals surface area contributed by atoms with Gasteiger partial charge in [-0.1, -0.05) is 29.4 Å². The Morgan fingerprint density at radius 1 is 1.44 bits per heavy atom. The molecule has 0 bridgehead atoms. The van der Waals surface area contributed by atoms with Crippen LogP contribution in [-0.4, -0.2) is 24.1 Å². The van der Waals surface area contributed by atoms with Gasteiger partial charge in [0.25, 0.3) is 0 Å². The van der Waals surface area contributed by atoms with E-state index in [-0.39, 0.29) is 11.8 Å². The molecule has 1 rings (SSSR count). The van der Waals surface area contributed by atoms with Crippen molar-refractivity contribution in [1.29, 1.82) is 0 Å². The SMILES string of the molecule is COC(=O)CCc1ccc(/C(N)=N/O)cc1. The molecular weight excluding hydrogens is 208 g/mol. The van der Waals surface area contributed by atoms with E-state index in [0.29, 0.717) is 18.4 Å². The Morgan fingerprint density at radius 2 is 2.06 bits per heavy atom. The molecule has 0 aliphatic rings. The second kappa shape index (κ2) is 5.75. The van der Waals surface area contributed by atoms with Crippen LogP contribution in [0.25, 0.3) is 0 Å². The van der Waals surface area contributed by atoms with Gasteiger partial charge in [0, 0.05) is 12.0 Å². The van der Waals surface area contributed by atoms with Crippen LogP contribution in [0.3, 0.4) is 0 Å². The van der Waals surface area contributed by atoms with E-state index in [4.69, 9.17) is 10.9 Å². The van der Waals surface area contributed by atoms with Crippen LogP contribution in [0.2, 0.25) is 0 Å². The summed E-state index contributed by atoms with van der Waals surface area (Å²) in [4.78, 5) is 10.9. The largest absolute Gasteiger partial charge is 0.469 e. The van der Waals surface area contributed by atoms with E-state index in [1.165, 1.54) is 7.11 Å². The molecule has 0 radical (unpaired) electrons. The number of benzene rings is 1. The van der Waals surface area contributed by atoms with Crippen molar-refractivity contribution in [2.24, 2.45) is 10.9 Å². The molecule has 0 aliphatic heterocycles. The summed E-state index contributed by atoms with van der Waals surface area (Å²) < 4.78 is 4.54. The minimum Gasteiger partial charge on any atom is -0.469 e. The first-order chi connectivity index (χ1) is 7.67. The zero-order chi connectivity index (χ0) is 12.0. The second-order valence-electron chi connectivity index (χ2n) is 3.26. The van der Waals surface area contributed by atoms with Crippen LogP contribution in [-0.2, 0) is 16.0 Å². The van der Waals surface area contributed by atoms with E-state index in [1.807, 2.05) is 12.1 Å². The van der Waals surface area contributed by atoms with E-state index in [2.05, 4.69) is 9.89 Å². The highest BCUT2D eigenvalue weighted by atomic mass is 16.5. The second-order valence-corrected chi connectivity index (χ2v) is 3.26. The molecule has 0 unspecified atom stereocenters. The first-order valence-corrected chi connectivity index (χ1v) is 4.81. The minimum absolute atomic E-state index is 0.0690. The molecule has 0 atom stereocenters. The fourth-order valence-corrected chi connectivity index (χ4v) is 1.25. The molecule has 16 heavy (non-hydrogen) atoms. The number of oxime groups is 1. The quantitative estimate of drug-likeness (QED) is 0.260. The van der Waals surface area contributed by atoms with Crippen LogP contribution in [0.15, 0.2) is 29.4 Å². The van der Waals surface area contributed by atoms with Crippen LogP contribution < -0.4 is 5.73 Å². The van der Waals surface area contributed by atoms with Gasteiger partial charge in [-0.2, -0.15) is 0 Å². The Hall–Kier alpha value is -2.04. The van der Waals surface area contributed by atoms with Gasteiger partial charge >= 0.3 is 5.97 Å². The maximum absolute atomic E-state index is 10.9. The molecule has 0 aromatic heterocycles. The van der Waals surface area contributed by atoms with E-state index < -0.39 is 0 Å². The fourth-order valence-electron chi connectivity index (χ4n) is 1.25. The molecule has 86 valence electrons. The summed E-state index contributed by atoms with van der Waals surface area (Å²) in [6, 6.07) is 7.13. The van der Waals surface area contributed by atoms with Gasteiger partial charge in [-0.05, 0) is 12.0 Å². The molecule has 0 saturated carbocycles. The molecule has 0 heterocycles. The van der Waals surface area contributed by atoms with Crippen LogP contribution in [0, 0.1) is 0 Å². The van der Waals surface area contributed by atoms with Crippen LogP contribution in [0.1, 0.15) is 17.5 Å². The lowest BCUT2D eigenvalue weighted by molar-refractivity contribution is -0.140. The number of rotatable bonds is 4. The molecule has 1 aromatic rings. The highest BCUT2D eigenvalue weighted by molar-refractivity contribution is 5.96. The van der Waals surface area contributed by atoms with Crippen molar-refractivity contribution in [3.63, 3.8) is 0 Å². The summed E-state index contributed by atoms with van der Waals surface area (Å²) in [5.74, 6) is -0.167. The van der Waals surface area contributed by atoms with Gasteiger partial charge in [0.2, 0.25) is 0 Å². The van der Waals surface area contributed by atoms with Gasteiger partial charge in [0.1, 0.15) is 0 Å². The van der Waals surface area contributed by atoms with Crippen molar-refractivity contribution in [3.8, 4) is 0 Å². The maximum atomic E-state index is 10.9. The number of aryl methyl sites for hydroxylation is 1. The van der Waals surface area contributed by atoms with Crippen molar-refractivity contribution < 1.29 is 14.7 Å². The van der Waals surface area contributed by atoms with Crippen LogP contribution in [0.5, 0.6) is 0 Å². The van der Waals surface area contributed by atoms with E-state index >= 15 is 0 Å². The zero-order valence-corrected chi connectivity index (χ0v) is 9.01. The number of ether oxygens (including phenoxy) is 1. The van der Waals surface area contributed by atoms with Crippen molar-refractivity contribution in [3.05, 3.63) is 35.4 Å². The van der Waals surface area contributed by atoms with E-state index in [1.54, 1.807) is 12.1 Å². The number of nitrogens with two attached hydrogens (primary N) is 1. The third-order valence-corrected chi connectivity index (χ3v) is 2.20. The van der Waals surface area contributed by atoms with Crippen molar-refractivity contribution in [2.45, 2.75) is 12.8 Å². The Labute approximate surface area is 93.5 Å². The van der Waals surface area contributed by atoms with E-state index in [9.17, 15) is 4.79 Å². The molecule has 0 aliphatic carbocycles.